The molecule has 0 radical (unpaired) electrons. The molecule has 1 saturated heterocycles. The van der Waals surface area contributed by atoms with E-state index < -0.39 is 0 Å². The van der Waals surface area contributed by atoms with Gasteiger partial charge in [0.25, 0.3) is 0 Å². The largest absolute Gasteiger partial charge is 0.383 e. The Morgan fingerprint density at radius 1 is 1.41 bits per heavy atom. The molecule has 0 bridgehead atoms. The number of amides is 2. The summed E-state index contributed by atoms with van der Waals surface area (Å²) in [6.07, 6.45) is 1.66. The van der Waals surface area contributed by atoms with Crippen molar-refractivity contribution >= 4 is 11.8 Å². The fraction of sp³-hybridized carbons (Fsp3) is 0.882. The molecule has 2 aliphatic rings. The molecule has 1 saturated carbocycles. The number of rotatable bonds is 5. The van der Waals surface area contributed by atoms with Crippen LogP contribution in [0.15, 0.2) is 0 Å². The van der Waals surface area contributed by atoms with E-state index in [4.69, 9.17) is 4.74 Å². The van der Waals surface area contributed by atoms with Gasteiger partial charge in [-0.3, -0.25) is 9.59 Å². The summed E-state index contributed by atoms with van der Waals surface area (Å²) in [5.74, 6) is 1.63. The highest BCUT2D eigenvalue weighted by Gasteiger charge is 2.50. The molecule has 1 aliphatic heterocycles. The third kappa shape index (κ3) is 3.45. The first-order valence-electron chi connectivity index (χ1n) is 8.32. The minimum atomic E-state index is -0.364. The summed E-state index contributed by atoms with van der Waals surface area (Å²) in [5, 5.41) is 3.09. The molecule has 4 atom stereocenters. The lowest BCUT2D eigenvalue weighted by molar-refractivity contribution is -0.129. The summed E-state index contributed by atoms with van der Waals surface area (Å²) in [7, 11) is 1.67. The van der Waals surface area contributed by atoms with Crippen molar-refractivity contribution in [1.82, 2.24) is 10.2 Å². The smallest absolute Gasteiger partial charge is 0.225 e. The topological polar surface area (TPSA) is 58.6 Å². The van der Waals surface area contributed by atoms with E-state index >= 15 is 0 Å². The van der Waals surface area contributed by atoms with Gasteiger partial charge < -0.3 is 15.0 Å². The molecule has 1 N–H and O–H groups in total. The van der Waals surface area contributed by atoms with Crippen molar-refractivity contribution in [3.63, 3.8) is 0 Å². The van der Waals surface area contributed by atoms with Crippen molar-refractivity contribution in [2.75, 3.05) is 26.8 Å². The van der Waals surface area contributed by atoms with Crippen LogP contribution in [0, 0.1) is 23.2 Å². The zero-order chi connectivity index (χ0) is 16.5. The normalized spacial score (nSPS) is 31.5. The number of likely N-dealkylation sites (tertiary alicyclic amines) is 1. The third-order valence-corrected chi connectivity index (χ3v) is 5.24. The van der Waals surface area contributed by atoms with Crippen molar-refractivity contribution in [3.8, 4) is 0 Å². The number of ether oxygens (including phenoxy) is 1. The highest BCUT2D eigenvalue weighted by Crippen LogP contribution is 2.45. The summed E-state index contributed by atoms with van der Waals surface area (Å²) in [5.41, 5.74) is -0.364. The van der Waals surface area contributed by atoms with Gasteiger partial charge in [-0.15, -0.1) is 0 Å². The molecule has 0 aromatic carbocycles. The van der Waals surface area contributed by atoms with Gasteiger partial charge in [-0.2, -0.15) is 0 Å². The van der Waals surface area contributed by atoms with E-state index in [0.717, 1.165) is 6.42 Å². The van der Waals surface area contributed by atoms with Crippen molar-refractivity contribution in [2.24, 2.45) is 23.2 Å². The summed E-state index contributed by atoms with van der Waals surface area (Å²) < 4.78 is 5.12. The molecule has 1 heterocycles. The monoisotopic (exact) mass is 310 g/mol. The molecule has 2 rings (SSSR count). The molecule has 126 valence electrons. The van der Waals surface area contributed by atoms with E-state index in [0.29, 0.717) is 49.9 Å². The maximum atomic E-state index is 12.2. The molecule has 0 spiro atoms. The Kier molecular flexibility index (Phi) is 5.15. The first-order chi connectivity index (χ1) is 10.3. The number of carbonyl (C=O) groups is 2. The second-order valence-electron chi connectivity index (χ2n) is 7.85. The van der Waals surface area contributed by atoms with Crippen LogP contribution in [0.4, 0.5) is 0 Å². The van der Waals surface area contributed by atoms with Crippen LogP contribution in [0.3, 0.4) is 0 Å². The van der Waals surface area contributed by atoms with Gasteiger partial charge >= 0.3 is 0 Å². The minimum Gasteiger partial charge on any atom is -0.383 e. The van der Waals surface area contributed by atoms with Gasteiger partial charge in [-0.1, -0.05) is 27.7 Å². The van der Waals surface area contributed by atoms with Crippen LogP contribution in [0.5, 0.6) is 0 Å². The Morgan fingerprint density at radius 3 is 2.68 bits per heavy atom. The van der Waals surface area contributed by atoms with Crippen LogP contribution in [0.1, 0.15) is 40.5 Å². The molecule has 5 heteroatoms. The lowest BCUT2D eigenvalue weighted by Gasteiger charge is -2.25. The number of methoxy groups -OCH3 is 1. The number of nitrogens with one attached hydrogen (secondary N) is 1. The zero-order valence-corrected chi connectivity index (χ0v) is 14.5. The van der Waals surface area contributed by atoms with Gasteiger partial charge in [0.15, 0.2) is 0 Å². The van der Waals surface area contributed by atoms with E-state index in [1.54, 1.807) is 7.11 Å². The molecule has 5 nitrogen and oxygen atoms in total. The second-order valence-corrected chi connectivity index (χ2v) is 7.85. The maximum absolute atomic E-state index is 12.2. The molecule has 2 amide bonds. The Balaban J connectivity index is 1.97. The van der Waals surface area contributed by atoms with Crippen LogP contribution in [0.2, 0.25) is 0 Å². The van der Waals surface area contributed by atoms with Gasteiger partial charge in [0.2, 0.25) is 11.8 Å². The van der Waals surface area contributed by atoms with Crippen LogP contribution < -0.4 is 5.32 Å². The van der Waals surface area contributed by atoms with Crippen LogP contribution in [0.25, 0.3) is 0 Å². The third-order valence-electron chi connectivity index (χ3n) is 5.24. The van der Waals surface area contributed by atoms with Gasteiger partial charge in [-0.25, -0.2) is 0 Å². The SMILES string of the molecule is COCCN1C(=O)C[C@H]2[C@H](CNC(=O)C(C)(C)C)[C@@H](C)C[C@H]21. The number of fused-ring (bicyclic) bond motifs is 1. The average molecular weight is 310 g/mol. The minimum absolute atomic E-state index is 0.0868. The summed E-state index contributed by atoms with van der Waals surface area (Å²) in [6, 6.07) is 0.328. The number of hydrogen-bond acceptors (Lipinski definition) is 3. The summed E-state index contributed by atoms with van der Waals surface area (Å²) >= 11 is 0. The van der Waals surface area contributed by atoms with E-state index in [9.17, 15) is 9.59 Å². The number of carbonyl (C=O) groups excluding carboxylic acids is 2. The van der Waals surface area contributed by atoms with Gasteiger partial charge in [-0.05, 0) is 24.2 Å². The Morgan fingerprint density at radius 2 is 2.09 bits per heavy atom. The van der Waals surface area contributed by atoms with Crippen molar-refractivity contribution < 1.29 is 14.3 Å². The molecule has 0 unspecified atom stereocenters. The lowest BCUT2D eigenvalue weighted by atomic mass is 9.88. The molecular weight excluding hydrogens is 280 g/mol. The van der Waals surface area contributed by atoms with Gasteiger partial charge in [0.05, 0.1) is 6.61 Å². The summed E-state index contributed by atoms with van der Waals surface area (Å²) in [4.78, 5) is 26.3. The number of nitrogens with zero attached hydrogens (tertiary/aromatic N) is 1. The zero-order valence-electron chi connectivity index (χ0n) is 14.5. The quantitative estimate of drug-likeness (QED) is 0.840. The summed E-state index contributed by atoms with van der Waals surface area (Å²) in [6.45, 7) is 9.98. The fourth-order valence-electron chi connectivity index (χ4n) is 3.90. The molecule has 0 aromatic heterocycles. The molecule has 0 aromatic rings. The average Bonchev–Trinajstić information content (AvgIpc) is 2.87. The highest BCUT2D eigenvalue weighted by atomic mass is 16.5. The Bertz CT molecular complexity index is 430. The molecule has 2 fully saturated rings. The first kappa shape index (κ1) is 17.3. The Labute approximate surface area is 133 Å². The second kappa shape index (κ2) is 6.57. The van der Waals surface area contributed by atoms with Gasteiger partial charge in [0, 0.05) is 38.1 Å². The van der Waals surface area contributed by atoms with E-state index in [1.807, 2.05) is 25.7 Å². The predicted octanol–water partition coefficient (Wildman–Crippen LogP) is 1.67. The lowest BCUT2D eigenvalue weighted by Crippen LogP contribution is -2.40. The first-order valence-corrected chi connectivity index (χ1v) is 8.32. The molecular formula is C17H30N2O3. The maximum Gasteiger partial charge on any atom is 0.225 e. The molecule has 1 aliphatic carbocycles. The number of hydrogen-bond donors (Lipinski definition) is 1. The van der Waals surface area contributed by atoms with Crippen molar-refractivity contribution in [3.05, 3.63) is 0 Å². The highest BCUT2D eigenvalue weighted by molar-refractivity contribution is 5.81. The van der Waals surface area contributed by atoms with E-state index in [1.165, 1.54) is 0 Å². The Hall–Kier alpha value is -1.10. The van der Waals surface area contributed by atoms with Crippen LogP contribution in [-0.2, 0) is 14.3 Å². The van der Waals surface area contributed by atoms with E-state index in [2.05, 4.69) is 12.2 Å². The molecule has 22 heavy (non-hydrogen) atoms. The predicted molar refractivity (Wildman–Crippen MR) is 85.2 cm³/mol. The van der Waals surface area contributed by atoms with Crippen molar-refractivity contribution in [1.29, 1.82) is 0 Å². The van der Waals surface area contributed by atoms with Crippen molar-refractivity contribution in [2.45, 2.75) is 46.6 Å². The van der Waals surface area contributed by atoms with E-state index in [-0.39, 0.29) is 17.2 Å². The fourth-order valence-corrected chi connectivity index (χ4v) is 3.90. The standard InChI is InChI=1S/C17H30N2O3/c1-11-8-14-12(9-15(20)19(14)6-7-22-5)13(11)10-18-16(21)17(2,3)4/h11-14H,6-10H2,1-5H3,(H,18,21)/t11-,12-,13+,14+/m0/s1. The van der Waals surface area contributed by atoms with Crippen LogP contribution >= 0.6 is 0 Å². The van der Waals surface area contributed by atoms with Crippen LogP contribution in [-0.4, -0.2) is 49.6 Å². The van der Waals surface area contributed by atoms with Gasteiger partial charge in [0.1, 0.15) is 0 Å².